The number of nitrogens with two attached hydrogens (primary N) is 3. The Bertz CT molecular complexity index is 664. The summed E-state index contributed by atoms with van der Waals surface area (Å²) in [6.45, 7) is 7.90. The molecule has 9 heteroatoms. The van der Waals surface area contributed by atoms with E-state index in [2.05, 4.69) is 4.98 Å². The standard InChI is InChI=1S/C16H26F2N6.C2H4O.C2H6/c1-3-11-13(24-8-4-7-16(17,18)10-24)6-5-12(22-11)15(20)14(9-19)23(2)21;1-2-3;1-2/h5-6H,3-4,7-10,19-21H2,1-2H3;2H,1H3;1-2H3/b15-14-;;. The SMILES string of the molecule is CC.CC=O.CCc1nc(/C(N)=C(\CN)N(C)N)ccc1N1CCCC(F)(F)C1. The molecular weight excluding hydrogens is 378 g/mol. The van der Waals surface area contributed by atoms with Gasteiger partial charge in [0.05, 0.1) is 35.0 Å². The molecule has 1 aliphatic heterocycles. The predicted octanol–water partition coefficient (Wildman–Crippen LogP) is 2.50. The maximum absolute atomic E-state index is 13.7. The van der Waals surface area contributed by atoms with E-state index in [-0.39, 0.29) is 19.5 Å². The van der Waals surface area contributed by atoms with Crippen molar-refractivity contribution in [1.82, 2.24) is 9.99 Å². The van der Waals surface area contributed by atoms with E-state index in [1.165, 1.54) is 11.9 Å². The monoisotopic (exact) mass is 414 g/mol. The fraction of sp³-hybridized carbons (Fsp3) is 0.600. The van der Waals surface area contributed by atoms with Crippen LogP contribution in [-0.2, 0) is 11.2 Å². The number of hydrogen-bond donors (Lipinski definition) is 3. The van der Waals surface area contributed by atoms with Crippen molar-refractivity contribution in [3.8, 4) is 0 Å². The number of nitrogens with zero attached hydrogens (tertiary/aromatic N) is 3. The summed E-state index contributed by atoms with van der Waals surface area (Å²) in [5.74, 6) is 3.07. The van der Waals surface area contributed by atoms with Gasteiger partial charge in [0.2, 0.25) is 0 Å². The summed E-state index contributed by atoms with van der Waals surface area (Å²) in [7, 11) is 1.65. The van der Waals surface area contributed by atoms with Gasteiger partial charge in [-0.3, -0.25) is 0 Å². The third-order valence-corrected chi connectivity index (χ3v) is 4.22. The normalized spacial score (nSPS) is 15.8. The Morgan fingerprint density at radius 3 is 2.41 bits per heavy atom. The first kappa shape index (κ1) is 26.7. The van der Waals surface area contributed by atoms with Crippen molar-refractivity contribution in [3.63, 3.8) is 0 Å². The third kappa shape index (κ3) is 7.94. The van der Waals surface area contributed by atoms with Crippen molar-refractivity contribution in [2.75, 3.05) is 31.6 Å². The van der Waals surface area contributed by atoms with Crippen LogP contribution in [0.5, 0.6) is 0 Å². The molecule has 6 N–H and O–H groups in total. The van der Waals surface area contributed by atoms with Crippen LogP contribution in [0.2, 0.25) is 0 Å². The number of carbonyl (C=O) groups excluding carboxylic acids is 1. The summed E-state index contributed by atoms with van der Waals surface area (Å²) >= 11 is 0. The molecule has 0 unspecified atom stereocenters. The van der Waals surface area contributed by atoms with E-state index in [0.29, 0.717) is 36.5 Å². The van der Waals surface area contributed by atoms with Gasteiger partial charge in [-0.25, -0.2) is 19.6 Å². The lowest BCUT2D eigenvalue weighted by Crippen LogP contribution is -2.43. The number of pyridine rings is 1. The molecule has 0 atom stereocenters. The van der Waals surface area contributed by atoms with Gasteiger partial charge in [-0.1, -0.05) is 20.8 Å². The molecule has 1 saturated heterocycles. The maximum atomic E-state index is 13.7. The van der Waals surface area contributed by atoms with Crippen LogP contribution >= 0.6 is 0 Å². The molecule has 29 heavy (non-hydrogen) atoms. The van der Waals surface area contributed by atoms with Gasteiger partial charge in [0.25, 0.3) is 5.92 Å². The Labute approximate surface area is 172 Å². The molecule has 0 bridgehead atoms. The van der Waals surface area contributed by atoms with Gasteiger partial charge in [0.1, 0.15) is 6.29 Å². The quantitative estimate of drug-likeness (QED) is 0.385. The van der Waals surface area contributed by atoms with E-state index in [9.17, 15) is 8.78 Å². The zero-order valence-electron chi connectivity index (χ0n) is 18.2. The van der Waals surface area contributed by atoms with Gasteiger partial charge in [0.15, 0.2) is 0 Å². The number of alkyl halides is 2. The number of anilines is 1. The Kier molecular flexibility index (Phi) is 12.0. The Balaban J connectivity index is 0.00000143. The maximum Gasteiger partial charge on any atom is 0.265 e. The van der Waals surface area contributed by atoms with Crippen LogP contribution in [0, 0.1) is 0 Å². The number of halogens is 2. The lowest BCUT2D eigenvalue weighted by atomic mass is 10.1. The van der Waals surface area contributed by atoms with Crippen LogP contribution < -0.4 is 22.2 Å². The third-order valence-electron chi connectivity index (χ3n) is 4.22. The van der Waals surface area contributed by atoms with Crippen molar-refractivity contribution < 1.29 is 13.6 Å². The van der Waals surface area contributed by atoms with Crippen LogP contribution in [0.3, 0.4) is 0 Å². The van der Waals surface area contributed by atoms with E-state index < -0.39 is 5.92 Å². The minimum atomic E-state index is -2.66. The number of aromatic nitrogens is 1. The molecule has 0 spiro atoms. The number of rotatable bonds is 5. The molecule has 0 aliphatic carbocycles. The minimum Gasteiger partial charge on any atom is -0.395 e. The largest absolute Gasteiger partial charge is 0.395 e. The smallest absolute Gasteiger partial charge is 0.265 e. The highest BCUT2D eigenvalue weighted by atomic mass is 19.3. The highest BCUT2D eigenvalue weighted by Gasteiger charge is 2.35. The van der Waals surface area contributed by atoms with E-state index in [1.54, 1.807) is 24.1 Å². The number of hydrogen-bond acceptors (Lipinski definition) is 7. The number of aryl methyl sites for hydroxylation is 1. The van der Waals surface area contributed by atoms with Crippen LogP contribution in [0.1, 0.15) is 51.9 Å². The Morgan fingerprint density at radius 1 is 1.38 bits per heavy atom. The Hall–Kier alpha value is -2.26. The highest BCUT2D eigenvalue weighted by Crippen LogP contribution is 2.32. The molecule has 1 aromatic heterocycles. The molecule has 1 fully saturated rings. The van der Waals surface area contributed by atoms with E-state index in [1.807, 2.05) is 20.8 Å². The topological polar surface area (TPSA) is 114 Å². The van der Waals surface area contributed by atoms with Crippen molar-refractivity contribution in [2.24, 2.45) is 17.3 Å². The number of likely N-dealkylation sites (N-methyl/N-ethyl adjacent to an activating group) is 1. The van der Waals surface area contributed by atoms with E-state index in [0.717, 1.165) is 17.7 Å². The summed E-state index contributed by atoms with van der Waals surface area (Å²) < 4.78 is 27.4. The van der Waals surface area contributed by atoms with E-state index >= 15 is 0 Å². The number of hydrazine groups is 1. The van der Waals surface area contributed by atoms with Gasteiger partial charge < -0.3 is 26.2 Å². The van der Waals surface area contributed by atoms with Crippen molar-refractivity contribution in [3.05, 3.63) is 29.2 Å². The zero-order chi connectivity index (χ0) is 22.6. The average Bonchev–Trinajstić information content (AvgIpc) is 2.69. The summed E-state index contributed by atoms with van der Waals surface area (Å²) in [6.07, 6.45) is 1.78. The Morgan fingerprint density at radius 2 is 1.97 bits per heavy atom. The van der Waals surface area contributed by atoms with Crippen molar-refractivity contribution in [2.45, 2.75) is 52.9 Å². The first-order chi connectivity index (χ1) is 13.7. The molecule has 2 heterocycles. The number of piperidine rings is 1. The molecular formula is C20H36F2N6O. The summed E-state index contributed by atoms with van der Waals surface area (Å²) in [5.41, 5.74) is 14.8. The second-order valence-electron chi connectivity index (χ2n) is 6.31. The van der Waals surface area contributed by atoms with Crippen LogP contribution in [0.4, 0.5) is 14.5 Å². The molecule has 166 valence electrons. The van der Waals surface area contributed by atoms with Crippen molar-refractivity contribution in [1.29, 1.82) is 0 Å². The molecule has 0 radical (unpaired) electrons. The first-order valence-corrected chi connectivity index (χ1v) is 9.90. The summed E-state index contributed by atoms with van der Waals surface area (Å²) in [6, 6.07) is 3.54. The van der Waals surface area contributed by atoms with Gasteiger partial charge in [-0.05, 0) is 31.9 Å². The highest BCUT2D eigenvalue weighted by molar-refractivity contribution is 5.65. The predicted molar refractivity (Wildman–Crippen MR) is 115 cm³/mol. The summed E-state index contributed by atoms with van der Waals surface area (Å²) in [5, 5.41) is 1.36. The molecule has 0 aromatic carbocycles. The fourth-order valence-corrected chi connectivity index (χ4v) is 2.96. The van der Waals surface area contributed by atoms with Gasteiger partial charge in [-0.2, -0.15) is 0 Å². The van der Waals surface area contributed by atoms with Crippen molar-refractivity contribution >= 4 is 17.7 Å². The van der Waals surface area contributed by atoms with Gasteiger partial charge >= 0.3 is 0 Å². The van der Waals surface area contributed by atoms with E-state index in [4.69, 9.17) is 22.1 Å². The number of aldehydes is 1. The van der Waals surface area contributed by atoms with Gasteiger partial charge in [-0.15, -0.1) is 0 Å². The lowest BCUT2D eigenvalue weighted by Gasteiger charge is -2.35. The second kappa shape index (κ2) is 13.1. The van der Waals surface area contributed by atoms with Crippen LogP contribution in [-0.4, -0.2) is 48.9 Å². The molecule has 1 aliphatic rings. The van der Waals surface area contributed by atoms with Crippen LogP contribution in [0.25, 0.3) is 5.70 Å². The molecule has 1 aromatic rings. The van der Waals surface area contributed by atoms with Crippen LogP contribution in [0.15, 0.2) is 17.8 Å². The molecule has 0 saturated carbocycles. The fourth-order valence-electron chi connectivity index (χ4n) is 2.96. The molecule has 7 nitrogen and oxygen atoms in total. The summed E-state index contributed by atoms with van der Waals surface area (Å²) in [4.78, 5) is 15.1. The molecule has 2 rings (SSSR count). The lowest BCUT2D eigenvalue weighted by molar-refractivity contribution is -0.106. The first-order valence-electron chi connectivity index (χ1n) is 9.90. The number of carbonyl (C=O) groups is 1. The molecule has 0 amide bonds. The minimum absolute atomic E-state index is 0.0607. The average molecular weight is 415 g/mol. The zero-order valence-corrected chi connectivity index (χ0v) is 18.2. The van der Waals surface area contributed by atoms with Gasteiger partial charge in [0, 0.05) is 26.6 Å². The second-order valence-corrected chi connectivity index (χ2v) is 6.31.